The van der Waals surface area contributed by atoms with Crippen molar-refractivity contribution in [1.82, 2.24) is 24.7 Å². The molecule has 3 aromatic rings. The minimum Gasteiger partial charge on any atom is -0.459 e. The van der Waals surface area contributed by atoms with Crippen molar-refractivity contribution >= 4 is 23.7 Å². The predicted octanol–water partition coefficient (Wildman–Crippen LogP) is 5.15. The molecule has 45 heavy (non-hydrogen) atoms. The molecule has 0 saturated carbocycles. The Morgan fingerprint density at radius 3 is 2.33 bits per heavy atom. The molecule has 238 valence electrons. The van der Waals surface area contributed by atoms with Crippen LogP contribution in [0.3, 0.4) is 0 Å². The summed E-state index contributed by atoms with van der Waals surface area (Å²) in [7, 11) is 0. The number of hydrogen-bond donors (Lipinski definition) is 2. The fraction of sp³-hybridized carbons (Fsp3) is 0.486. The normalized spacial score (nSPS) is 21.9. The summed E-state index contributed by atoms with van der Waals surface area (Å²) in [6.45, 7) is 9.58. The van der Waals surface area contributed by atoms with Crippen molar-refractivity contribution in [3.05, 3.63) is 71.9 Å². The van der Waals surface area contributed by atoms with Gasteiger partial charge in [0.25, 0.3) is 5.91 Å². The molecule has 2 aromatic carbocycles. The predicted molar refractivity (Wildman–Crippen MR) is 173 cm³/mol. The van der Waals surface area contributed by atoms with Crippen molar-refractivity contribution in [2.24, 2.45) is 5.41 Å². The van der Waals surface area contributed by atoms with E-state index in [1.165, 1.54) is 0 Å². The standard InChI is InChI=1S/C35H44N6O4/c1-4-36-33(44)38-29-28(41(22-25-12-7-5-8-13-25)30(37-29)26-14-9-6-10-15-26)31(42)39-20-16-27(17-21-39)40-19-11-18-35(24-40)23-34(2,3)45-32(35)43/h5-10,12-15,27H,4,11,16-24H2,1-3H3,(H2,36,38,44). The molecule has 6 rings (SSSR count). The fourth-order valence-corrected chi connectivity index (χ4v) is 7.45. The van der Waals surface area contributed by atoms with Crippen molar-refractivity contribution in [2.75, 3.05) is 38.0 Å². The number of hydrogen-bond acceptors (Lipinski definition) is 6. The second kappa shape index (κ2) is 12.7. The number of benzene rings is 2. The first-order valence-corrected chi connectivity index (χ1v) is 16.2. The summed E-state index contributed by atoms with van der Waals surface area (Å²) >= 11 is 0. The van der Waals surface area contributed by atoms with Crippen LogP contribution in [0.2, 0.25) is 0 Å². The number of piperidine rings is 2. The van der Waals surface area contributed by atoms with E-state index in [-0.39, 0.29) is 17.7 Å². The van der Waals surface area contributed by atoms with Crippen molar-refractivity contribution < 1.29 is 19.1 Å². The van der Waals surface area contributed by atoms with E-state index < -0.39 is 17.0 Å². The number of imidazole rings is 1. The smallest absolute Gasteiger partial charge is 0.320 e. The molecule has 1 unspecified atom stereocenters. The van der Waals surface area contributed by atoms with Gasteiger partial charge >= 0.3 is 12.0 Å². The number of anilines is 1. The highest BCUT2D eigenvalue weighted by Gasteiger charge is 2.54. The Labute approximate surface area is 265 Å². The molecule has 10 nitrogen and oxygen atoms in total. The summed E-state index contributed by atoms with van der Waals surface area (Å²) < 4.78 is 7.69. The number of ether oxygens (including phenoxy) is 1. The van der Waals surface area contributed by atoms with E-state index >= 15 is 0 Å². The summed E-state index contributed by atoms with van der Waals surface area (Å²) in [5.74, 6) is 0.664. The number of carbonyl (C=O) groups is 3. The average Bonchev–Trinajstić information content (AvgIpc) is 3.49. The number of urea groups is 1. The van der Waals surface area contributed by atoms with E-state index in [4.69, 9.17) is 9.72 Å². The number of amides is 3. The molecule has 3 saturated heterocycles. The lowest BCUT2D eigenvalue weighted by atomic mass is 9.74. The molecule has 0 radical (unpaired) electrons. The van der Waals surface area contributed by atoms with E-state index in [2.05, 4.69) is 15.5 Å². The van der Waals surface area contributed by atoms with Crippen molar-refractivity contribution in [2.45, 2.75) is 71.1 Å². The molecule has 1 aromatic heterocycles. The first kappa shape index (κ1) is 30.8. The molecule has 1 atom stereocenters. The number of aromatic nitrogens is 2. The van der Waals surface area contributed by atoms with Crippen molar-refractivity contribution in [3.63, 3.8) is 0 Å². The Morgan fingerprint density at radius 1 is 1.00 bits per heavy atom. The van der Waals surface area contributed by atoms with Gasteiger partial charge in [0.05, 0.1) is 5.41 Å². The Hall–Kier alpha value is -4.18. The van der Waals surface area contributed by atoms with E-state index in [9.17, 15) is 14.4 Å². The monoisotopic (exact) mass is 612 g/mol. The number of esters is 1. The molecule has 1 spiro atoms. The third kappa shape index (κ3) is 6.47. The van der Waals surface area contributed by atoms with Gasteiger partial charge < -0.3 is 19.5 Å². The zero-order chi connectivity index (χ0) is 31.6. The second-order valence-corrected chi connectivity index (χ2v) is 13.3. The Kier molecular flexibility index (Phi) is 8.68. The summed E-state index contributed by atoms with van der Waals surface area (Å²) in [5, 5.41) is 5.63. The van der Waals surface area contributed by atoms with Gasteiger partial charge in [-0.3, -0.25) is 19.8 Å². The van der Waals surface area contributed by atoms with Gasteiger partial charge in [-0.05, 0) is 58.6 Å². The van der Waals surface area contributed by atoms with E-state index in [1.54, 1.807) is 0 Å². The van der Waals surface area contributed by atoms with E-state index in [1.807, 2.05) is 90.9 Å². The highest BCUT2D eigenvalue weighted by Crippen LogP contribution is 2.46. The molecule has 0 aliphatic carbocycles. The molecule has 10 heteroatoms. The summed E-state index contributed by atoms with van der Waals surface area (Å²) in [5.41, 5.74) is 1.41. The lowest BCUT2D eigenvalue weighted by Crippen LogP contribution is -2.53. The van der Waals surface area contributed by atoms with Gasteiger partial charge in [0.2, 0.25) is 0 Å². The number of rotatable bonds is 7. The van der Waals surface area contributed by atoms with Crippen LogP contribution >= 0.6 is 0 Å². The molecule has 0 bridgehead atoms. The maximum absolute atomic E-state index is 14.4. The largest absolute Gasteiger partial charge is 0.459 e. The number of cyclic esters (lactones) is 1. The average molecular weight is 613 g/mol. The minimum atomic E-state index is -0.424. The minimum absolute atomic E-state index is 0.0575. The van der Waals surface area contributed by atoms with Crippen LogP contribution in [0.4, 0.5) is 10.6 Å². The maximum atomic E-state index is 14.4. The topological polar surface area (TPSA) is 109 Å². The van der Waals surface area contributed by atoms with Crippen LogP contribution in [0.15, 0.2) is 60.7 Å². The fourth-order valence-electron chi connectivity index (χ4n) is 7.45. The van der Waals surface area contributed by atoms with Crippen molar-refractivity contribution in [1.29, 1.82) is 0 Å². The van der Waals surface area contributed by atoms with Gasteiger partial charge in [0.15, 0.2) is 11.5 Å². The van der Waals surface area contributed by atoms with Gasteiger partial charge in [-0.25, -0.2) is 9.78 Å². The van der Waals surface area contributed by atoms with Crippen LogP contribution in [0.1, 0.15) is 68.9 Å². The summed E-state index contributed by atoms with van der Waals surface area (Å²) in [4.78, 5) is 49.3. The van der Waals surface area contributed by atoms with Gasteiger partial charge in [-0.15, -0.1) is 0 Å². The molecule has 2 N–H and O–H groups in total. The van der Waals surface area contributed by atoms with Crippen LogP contribution in [-0.4, -0.2) is 81.6 Å². The Balaban J connectivity index is 1.26. The lowest BCUT2D eigenvalue weighted by Gasteiger charge is -2.44. The zero-order valence-electron chi connectivity index (χ0n) is 26.6. The summed E-state index contributed by atoms with van der Waals surface area (Å²) in [6, 6.07) is 19.6. The highest BCUT2D eigenvalue weighted by molar-refractivity contribution is 6.02. The highest BCUT2D eigenvalue weighted by atomic mass is 16.6. The number of nitrogens with one attached hydrogen (secondary N) is 2. The van der Waals surface area contributed by atoms with Crippen LogP contribution in [0.25, 0.3) is 11.4 Å². The van der Waals surface area contributed by atoms with Crippen molar-refractivity contribution in [3.8, 4) is 11.4 Å². The number of likely N-dealkylation sites (tertiary alicyclic amines) is 2. The van der Waals surface area contributed by atoms with E-state index in [0.717, 1.165) is 56.3 Å². The van der Waals surface area contributed by atoms with E-state index in [0.29, 0.717) is 43.7 Å². The molecular weight excluding hydrogens is 568 g/mol. The molecule has 4 heterocycles. The second-order valence-electron chi connectivity index (χ2n) is 13.3. The molecule has 3 fully saturated rings. The number of carbonyl (C=O) groups excluding carboxylic acids is 3. The first-order valence-electron chi connectivity index (χ1n) is 16.2. The molecule has 3 aliphatic rings. The number of nitrogens with zero attached hydrogens (tertiary/aromatic N) is 4. The Bertz CT molecular complexity index is 1530. The summed E-state index contributed by atoms with van der Waals surface area (Å²) in [6.07, 6.45) is 4.23. The maximum Gasteiger partial charge on any atom is 0.320 e. The van der Waals surface area contributed by atoms with Gasteiger partial charge in [-0.2, -0.15) is 0 Å². The lowest BCUT2D eigenvalue weighted by molar-refractivity contribution is -0.154. The van der Waals surface area contributed by atoms with Gasteiger partial charge in [-0.1, -0.05) is 60.7 Å². The third-order valence-corrected chi connectivity index (χ3v) is 9.40. The van der Waals surface area contributed by atoms with Crippen LogP contribution < -0.4 is 10.6 Å². The SMILES string of the molecule is CCNC(=O)Nc1nc(-c2ccccc2)n(Cc2ccccc2)c1C(=O)N1CCC(N2CCCC3(C2)CC(C)(C)OC3=O)CC1. The molecular formula is C35H44N6O4. The Morgan fingerprint density at radius 2 is 1.69 bits per heavy atom. The molecule has 3 aliphatic heterocycles. The first-order chi connectivity index (χ1) is 21.7. The zero-order valence-corrected chi connectivity index (χ0v) is 26.6. The molecule has 3 amide bonds. The van der Waals surface area contributed by atoms with Gasteiger partial charge in [0.1, 0.15) is 11.4 Å². The van der Waals surface area contributed by atoms with Crippen LogP contribution in [0.5, 0.6) is 0 Å². The van der Waals surface area contributed by atoms with Crippen LogP contribution in [0, 0.1) is 5.41 Å². The van der Waals surface area contributed by atoms with Gasteiger partial charge in [0, 0.05) is 50.7 Å². The third-order valence-electron chi connectivity index (χ3n) is 9.40. The quantitative estimate of drug-likeness (QED) is 0.357. The van der Waals surface area contributed by atoms with Crippen LogP contribution in [-0.2, 0) is 16.1 Å².